The highest BCUT2D eigenvalue weighted by Crippen LogP contribution is 2.07. The lowest BCUT2D eigenvalue weighted by Gasteiger charge is -2.18. The van der Waals surface area contributed by atoms with E-state index >= 15 is 0 Å². The number of anilines is 1. The first-order valence-corrected chi connectivity index (χ1v) is 6.58. The van der Waals surface area contributed by atoms with Crippen LogP contribution in [0.1, 0.15) is 26.0 Å². The van der Waals surface area contributed by atoms with E-state index in [-0.39, 0.29) is 0 Å². The van der Waals surface area contributed by atoms with Gasteiger partial charge in [0.2, 0.25) is 0 Å². The monoisotopic (exact) mass is 252 g/mol. The second-order valence-electron chi connectivity index (χ2n) is 4.16. The molecular weight excluding hydrogens is 228 g/mol. The van der Waals surface area contributed by atoms with Crippen molar-refractivity contribution in [3.8, 4) is 0 Å². The molecule has 5 nitrogen and oxygen atoms in total. The van der Waals surface area contributed by atoms with Crippen LogP contribution >= 0.6 is 0 Å². The Kier molecular flexibility index (Phi) is 7.29. The number of nitrogens with zero attached hydrogens (tertiary/aromatic N) is 3. The quantitative estimate of drug-likeness (QED) is 0.674. The van der Waals surface area contributed by atoms with Crippen molar-refractivity contribution in [2.45, 2.75) is 26.8 Å². The standard InChI is InChI=1S/C13H24N4O/c1-4-6-14-9-12-10-15-11-13(16-12)17(3)7-8-18-5-2/h10-11,14H,4-9H2,1-3H3. The Bertz CT molecular complexity index is 333. The molecule has 0 amide bonds. The Morgan fingerprint density at radius 3 is 2.89 bits per heavy atom. The molecule has 1 heterocycles. The van der Waals surface area contributed by atoms with E-state index < -0.39 is 0 Å². The molecule has 1 rings (SSSR count). The molecule has 0 aromatic carbocycles. The van der Waals surface area contributed by atoms with Crippen LogP contribution in [0.4, 0.5) is 5.82 Å². The molecular formula is C13H24N4O. The summed E-state index contributed by atoms with van der Waals surface area (Å²) in [5.74, 6) is 0.894. The van der Waals surface area contributed by atoms with E-state index in [2.05, 4.69) is 27.1 Å². The summed E-state index contributed by atoms with van der Waals surface area (Å²) in [6.07, 6.45) is 4.72. The molecule has 0 fully saturated rings. The summed E-state index contributed by atoms with van der Waals surface area (Å²) in [6.45, 7) is 8.22. The average Bonchev–Trinajstić information content (AvgIpc) is 2.39. The Morgan fingerprint density at radius 2 is 2.17 bits per heavy atom. The van der Waals surface area contributed by atoms with Gasteiger partial charge in [0.15, 0.2) is 0 Å². The van der Waals surface area contributed by atoms with Crippen LogP contribution in [0.3, 0.4) is 0 Å². The SMILES string of the molecule is CCCNCc1cncc(N(C)CCOCC)n1. The van der Waals surface area contributed by atoms with Crippen molar-refractivity contribution < 1.29 is 4.74 Å². The molecule has 0 aliphatic rings. The zero-order valence-electron chi connectivity index (χ0n) is 11.6. The van der Waals surface area contributed by atoms with E-state index in [1.165, 1.54) is 0 Å². The summed E-state index contributed by atoms with van der Waals surface area (Å²) in [4.78, 5) is 10.9. The fourth-order valence-corrected chi connectivity index (χ4v) is 1.52. The van der Waals surface area contributed by atoms with Crippen LogP contribution in [0.25, 0.3) is 0 Å². The molecule has 0 aliphatic heterocycles. The molecule has 0 bridgehead atoms. The third-order valence-electron chi connectivity index (χ3n) is 2.57. The second-order valence-corrected chi connectivity index (χ2v) is 4.16. The van der Waals surface area contributed by atoms with Crippen molar-refractivity contribution in [1.29, 1.82) is 0 Å². The maximum absolute atomic E-state index is 5.33. The van der Waals surface area contributed by atoms with E-state index in [1.807, 2.05) is 20.2 Å². The minimum Gasteiger partial charge on any atom is -0.380 e. The van der Waals surface area contributed by atoms with Crippen molar-refractivity contribution >= 4 is 5.82 Å². The molecule has 102 valence electrons. The number of rotatable bonds is 9. The van der Waals surface area contributed by atoms with Crippen LogP contribution in [0.15, 0.2) is 12.4 Å². The summed E-state index contributed by atoms with van der Waals surface area (Å²) in [7, 11) is 2.01. The summed E-state index contributed by atoms with van der Waals surface area (Å²) < 4.78 is 5.33. The Morgan fingerprint density at radius 1 is 1.33 bits per heavy atom. The fraction of sp³-hybridized carbons (Fsp3) is 0.692. The van der Waals surface area contributed by atoms with Gasteiger partial charge >= 0.3 is 0 Å². The lowest BCUT2D eigenvalue weighted by atomic mass is 10.4. The third kappa shape index (κ3) is 5.42. The Balaban J connectivity index is 2.47. The zero-order chi connectivity index (χ0) is 13.2. The fourth-order valence-electron chi connectivity index (χ4n) is 1.52. The van der Waals surface area contributed by atoms with Gasteiger partial charge < -0.3 is 15.0 Å². The van der Waals surface area contributed by atoms with Gasteiger partial charge in [0, 0.05) is 32.9 Å². The molecule has 0 aliphatic carbocycles. The summed E-state index contributed by atoms with van der Waals surface area (Å²) in [6, 6.07) is 0. The van der Waals surface area contributed by atoms with Gasteiger partial charge in [0.05, 0.1) is 18.5 Å². The predicted molar refractivity (Wildman–Crippen MR) is 73.8 cm³/mol. The van der Waals surface area contributed by atoms with Crippen molar-refractivity contribution in [2.75, 3.05) is 38.3 Å². The van der Waals surface area contributed by atoms with Crippen LogP contribution in [0, 0.1) is 0 Å². The smallest absolute Gasteiger partial charge is 0.147 e. The average molecular weight is 252 g/mol. The molecule has 1 aromatic heterocycles. The highest BCUT2D eigenvalue weighted by Gasteiger charge is 2.04. The molecule has 0 saturated heterocycles. The lowest BCUT2D eigenvalue weighted by Crippen LogP contribution is -2.24. The largest absolute Gasteiger partial charge is 0.380 e. The predicted octanol–water partition coefficient (Wildman–Crippen LogP) is 1.45. The molecule has 0 atom stereocenters. The van der Waals surface area contributed by atoms with Gasteiger partial charge in [-0.25, -0.2) is 4.98 Å². The Hall–Kier alpha value is -1.20. The molecule has 5 heteroatoms. The van der Waals surface area contributed by atoms with E-state index in [9.17, 15) is 0 Å². The topological polar surface area (TPSA) is 50.3 Å². The van der Waals surface area contributed by atoms with Crippen molar-refractivity contribution in [3.63, 3.8) is 0 Å². The van der Waals surface area contributed by atoms with Gasteiger partial charge in [-0.1, -0.05) is 6.92 Å². The van der Waals surface area contributed by atoms with E-state index in [1.54, 1.807) is 6.20 Å². The van der Waals surface area contributed by atoms with Crippen LogP contribution in [-0.2, 0) is 11.3 Å². The van der Waals surface area contributed by atoms with E-state index in [4.69, 9.17) is 4.74 Å². The molecule has 1 aromatic rings. The first kappa shape index (κ1) is 14.9. The normalized spacial score (nSPS) is 10.6. The molecule has 0 unspecified atom stereocenters. The van der Waals surface area contributed by atoms with Gasteiger partial charge in [0.1, 0.15) is 5.82 Å². The number of nitrogens with one attached hydrogen (secondary N) is 1. The van der Waals surface area contributed by atoms with E-state index in [0.29, 0.717) is 6.61 Å². The summed E-state index contributed by atoms with van der Waals surface area (Å²) in [5, 5.41) is 3.32. The zero-order valence-corrected chi connectivity index (χ0v) is 11.6. The maximum atomic E-state index is 5.33. The second kappa shape index (κ2) is 8.83. The highest BCUT2D eigenvalue weighted by atomic mass is 16.5. The van der Waals surface area contributed by atoms with Crippen LogP contribution in [0.2, 0.25) is 0 Å². The number of hydrogen-bond acceptors (Lipinski definition) is 5. The highest BCUT2D eigenvalue weighted by molar-refractivity contribution is 5.34. The first-order chi connectivity index (χ1) is 8.77. The van der Waals surface area contributed by atoms with E-state index in [0.717, 1.165) is 44.2 Å². The van der Waals surface area contributed by atoms with Crippen molar-refractivity contribution in [1.82, 2.24) is 15.3 Å². The molecule has 0 saturated carbocycles. The van der Waals surface area contributed by atoms with Crippen molar-refractivity contribution in [2.24, 2.45) is 0 Å². The lowest BCUT2D eigenvalue weighted by molar-refractivity contribution is 0.154. The minimum atomic E-state index is 0.715. The van der Waals surface area contributed by atoms with Gasteiger partial charge in [-0.3, -0.25) is 4.98 Å². The number of ether oxygens (including phenoxy) is 1. The third-order valence-corrected chi connectivity index (χ3v) is 2.57. The van der Waals surface area contributed by atoms with Gasteiger partial charge in [0.25, 0.3) is 0 Å². The molecule has 0 radical (unpaired) electrons. The number of likely N-dealkylation sites (N-methyl/N-ethyl adjacent to an activating group) is 1. The summed E-state index contributed by atoms with van der Waals surface area (Å²) >= 11 is 0. The van der Waals surface area contributed by atoms with Gasteiger partial charge in [-0.15, -0.1) is 0 Å². The molecule has 0 spiro atoms. The van der Waals surface area contributed by atoms with Crippen molar-refractivity contribution in [3.05, 3.63) is 18.1 Å². The maximum Gasteiger partial charge on any atom is 0.147 e. The van der Waals surface area contributed by atoms with Gasteiger partial charge in [-0.05, 0) is 19.9 Å². The van der Waals surface area contributed by atoms with Crippen LogP contribution in [-0.4, -0.2) is 43.3 Å². The number of hydrogen-bond donors (Lipinski definition) is 1. The number of aromatic nitrogens is 2. The molecule has 1 N–H and O–H groups in total. The first-order valence-electron chi connectivity index (χ1n) is 6.58. The van der Waals surface area contributed by atoms with Crippen LogP contribution < -0.4 is 10.2 Å². The summed E-state index contributed by atoms with van der Waals surface area (Å²) in [5.41, 5.74) is 0.976. The van der Waals surface area contributed by atoms with Gasteiger partial charge in [-0.2, -0.15) is 0 Å². The Labute approximate surface area is 110 Å². The minimum absolute atomic E-state index is 0.715. The van der Waals surface area contributed by atoms with Crippen LogP contribution in [0.5, 0.6) is 0 Å². The molecule has 18 heavy (non-hydrogen) atoms.